The van der Waals surface area contributed by atoms with E-state index in [-0.39, 0.29) is 30.4 Å². The van der Waals surface area contributed by atoms with Crippen LogP contribution in [0.3, 0.4) is 0 Å². The predicted molar refractivity (Wildman–Crippen MR) is 128 cm³/mol. The van der Waals surface area contributed by atoms with Crippen molar-refractivity contribution in [3.63, 3.8) is 0 Å². The number of hydrogen-bond acceptors (Lipinski definition) is 3. The molecule has 1 unspecified atom stereocenters. The van der Waals surface area contributed by atoms with E-state index in [0.29, 0.717) is 19.4 Å². The van der Waals surface area contributed by atoms with Crippen molar-refractivity contribution in [2.75, 3.05) is 13.1 Å². The minimum absolute atomic E-state index is 0.0515. The van der Waals surface area contributed by atoms with Crippen LogP contribution in [0.4, 0.5) is 0 Å². The standard InChI is InChI=1S/C27H28N2O2S/c30-25(14-11-20-7-3-1-4-8-20)29(22-12-13-22)19-26(31)28-17-15-24-23(16-18-32-24)27(28)21-9-5-2-6-10-21/h1-10,16,18,22,27H,11-15,17,19H2. The van der Waals surface area contributed by atoms with Crippen LogP contribution in [0.1, 0.15) is 46.9 Å². The molecule has 3 aromatic rings. The Balaban J connectivity index is 1.32. The van der Waals surface area contributed by atoms with Crippen molar-refractivity contribution in [2.24, 2.45) is 0 Å². The van der Waals surface area contributed by atoms with E-state index in [1.807, 2.05) is 46.2 Å². The minimum atomic E-state index is -0.0702. The van der Waals surface area contributed by atoms with Crippen molar-refractivity contribution < 1.29 is 9.59 Å². The highest BCUT2D eigenvalue weighted by molar-refractivity contribution is 7.10. The molecule has 0 saturated heterocycles. The van der Waals surface area contributed by atoms with Crippen LogP contribution >= 0.6 is 11.3 Å². The molecule has 0 N–H and O–H groups in total. The van der Waals surface area contributed by atoms with Crippen LogP contribution < -0.4 is 0 Å². The quantitative estimate of drug-likeness (QED) is 0.523. The monoisotopic (exact) mass is 444 g/mol. The van der Waals surface area contributed by atoms with Gasteiger partial charge in [0.05, 0.1) is 6.04 Å². The molecule has 1 saturated carbocycles. The Morgan fingerprint density at radius 2 is 1.69 bits per heavy atom. The van der Waals surface area contributed by atoms with Gasteiger partial charge in [-0.2, -0.15) is 0 Å². The molecule has 2 aromatic carbocycles. The summed E-state index contributed by atoms with van der Waals surface area (Å²) in [5.41, 5.74) is 3.52. The zero-order chi connectivity index (χ0) is 21.9. The maximum absolute atomic E-state index is 13.6. The fourth-order valence-corrected chi connectivity index (χ4v) is 5.57. The van der Waals surface area contributed by atoms with Crippen LogP contribution in [-0.2, 0) is 22.4 Å². The van der Waals surface area contributed by atoms with Gasteiger partial charge in [0.1, 0.15) is 6.54 Å². The fraction of sp³-hybridized carbons (Fsp3) is 0.333. The summed E-state index contributed by atoms with van der Waals surface area (Å²) in [5.74, 6) is 0.143. The molecular formula is C27H28N2O2S. The van der Waals surface area contributed by atoms with Gasteiger partial charge in [0, 0.05) is 23.9 Å². The lowest BCUT2D eigenvalue weighted by molar-refractivity contribution is -0.142. The first-order valence-corrected chi connectivity index (χ1v) is 12.3. The Kier molecular flexibility index (Phi) is 6.08. The van der Waals surface area contributed by atoms with E-state index in [2.05, 4.69) is 35.7 Å². The Hall–Kier alpha value is -2.92. The van der Waals surface area contributed by atoms with E-state index in [1.165, 1.54) is 10.4 Å². The zero-order valence-corrected chi connectivity index (χ0v) is 19.0. The Morgan fingerprint density at radius 3 is 2.41 bits per heavy atom. The lowest BCUT2D eigenvalue weighted by Gasteiger charge is -2.37. The van der Waals surface area contributed by atoms with E-state index < -0.39 is 0 Å². The second kappa shape index (κ2) is 9.29. The number of benzene rings is 2. The van der Waals surface area contributed by atoms with Gasteiger partial charge in [-0.25, -0.2) is 0 Å². The zero-order valence-electron chi connectivity index (χ0n) is 18.2. The van der Waals surface area contributed by atoms with Crippen LogP contribution in [0.2, 0.25) is 0 Å². The normalized spacial score (nSPS) is 17.6. The molecule has 1 fully saturated rings. The molecule has 5 rings (SSSR count). The summed E-state index contributed by atoms with van der Waals surface area (Å²) in [6, 6.07) is 22.7. The number of aryl methyl sites for hydroxylation is 1. The Labute approximate surface area is 193 Å². The second-order valence-corrected chi connectivity index (χ2v) is 9.69. The van der Waals surface area contributed by atoms with Crippen molar-refractivity contribution in [1.29, 1.82) is 0 Å². The van der Waals surface area contributed by atoms with Crippen molar-refractivity contribution in [3.05, 3.63) is 93.7 Å². The van der Waals surface area contributed by atoms with Crippen molar-refractivity contribution in [2.45, 2.75) is 44.2 Å². The number of rotatable bonds is 7. The summed E-state index contributed by atoms with van der Waals surface area (Å²) in [4.78, 5) is 31.8. The minimum Gasteiger partial charge on any atom is -0.330 e. The van der Waals surface area contributed by atoms with Crippen LogP contribution in [0.15, 0.2) is 72.1 Å². The second-order valence-electron chi connectivity index (χ2n) is 8.69. The van der Waals surface area contributed by atoms with Crippen molar-refractivity contribution in [1.82, 2.24) is 9.80 Å². The molecule has 1 aliphatic carbocycles. The maximum atomic E-state index is 13.6. The number of carbonyl (C=O) groups is 2. The van der Waals surface area contributed by atoms with Gasteiger partial charge >= 0.3 is 0 Å². The fourth-order valence-electron chi connectivity index (χ4n) is 4.66. The summed E-state index contributed by atoms with van der Waals surface area (Å²) < 4.78 is 0. The number of thiophene rings is 1. The molecule has 1 aliphatic heterocycles. The van der Waals surface area contributed by atoms with E-state index in [1.54, 1.807) is 11.3 Å². The number of carbonyl (C=O) groups excluding carboxylic acids is 2. The highest BCUT2D eigenvalue weighted by Crippen LogP contribution is 2.38. The Morgan fingerprint density at radius 1 is 0.969 bits per heavy atom. The first-order chi connectivity index (χ1) is 15.7. The molecule has 0 spiro atoms. The third kappa shape index (κ3) is 4.49. The summed E-state index contributed by atoms with van der Waals surface area (Å²) >= 11 is 1.77. The van der Waals surface area contributed by atoms with Gasteiger partial charge in [-0.1, -0.05) is 60.7 Å². The molecule has 0 radical (unpaired) electrons. The van der Waals surface area contributed by atoms with E-state index in [4.69, 9.17) is 0 Å². The summed E-state index contributed by atoms with van der Waals surface area (Å²) in [6.07, 6.45) is 4.05. The lowest BCUT2D eigenvalue weighted by Crippen LogP contribution is -2.47. The molecule has 32 heavy (non-hydrogen) atoms. The SMILES string of the molecule is O=C(CCc1ccccc1)N(CC(=O)N1CCc2sccc2C1c1ccccc1)C1CC1. The number of amides is 2. The average molecular weight is 445 g/mol. The van der Waals surface area contributed by atoms with E-state index >= 15 is 0 Å². The third-order valence-corrected chi connectivity index (χ3v) is 7.48. The molecular weight excluding hydrogens is 416 g/mol. The van der Waals surface area contributed by atoms with Crippen LogP contribution in [0.5, 0.6) is 0 Å². The Bertz CT molecular complexity index is 1080. The molecule has 1 aromatic heterocycles. The number of hydrogen-bond donors (Lipinski definition) is 0. The molecule has 5 heteroatoms. The molecule has 2 aliphatic rings. The van der Waals surface area contributed by atoms with Gasteiger partial charge in [-0.3, -0.25) is 9.59 Å². The molecule has 1 atom stereocenters. The summed E-state index contributed by atoms with van der Waals surface area (Å²) in [5, 5.41) is 2.12. The van der Waals surface area contributed by atoms with Gasteiger partial charge in [-0.05, 0) is 53.8 Å². The molecule has 2 amide bonds. The number of nitrogens with zero attached hydrogens (tertiary/aromatic N) is 2. The summed E-state index contributed by atoms with van der Waals surface area (Å²) in [6.45, 7) is 0.879. The molecule has 164 valence electrons. The maximum Gasteiger partial charge on any atom is 0.243 e. The summed E-state index contributed by atoms with van der Waals surface area (Å²) in [7, 11) is 0. The highest BCUT2D eigenvalue weighted by Gasteiger charge is 2.37. The average Bonchev–Trinajstić information content (AvgIpc) is 3.57. The van der Waals surface area contributed by atoms with Crippen molar-refractivity contribution in [3.8, 4) is 0 Å². The van der Waals surface area contributed by atoms with E-state index in [0.717, 1.165) is 30.4 Å². The molecule has 0 bridgehead atoms. The van der Waals surface area contributed by atoms with Gasteiger partial charge in [-0.15, -0.1) is 11.3 Å². The molecule has 4 nitrogen and oxygen atoms in total. The first kappa shape index (κ1) is 21.0. The first-order valence-electron chi connectivity index (χ1n) is 11.4. The molecule has 2 heterocycles. The van der Waals surface area contributed by atoms with Crippen molar-refractivity contribution >= 4 is 23.2 Å². The van der Waals surface area contributed by atoms with Gasteiger partial charge < -0.3 is 9.80 Å². The number of fused-ring (bicyclic) bond motifs is 1. The van der Waals surface area contributed by atoms with Gasteiger partial charge in [0.2, 0.25) is 11.8 Å². The van der Waals surface area contributed by atoms with Gasteiger partial charge in [0.25, 0.3) is 0 Å². The van der Waals surface area contributed by atoms with Crippen LogP contribution in [0.25, 0.3) is 0 Å². The van der Waals surface area contributed by atoms with Gasteiger partial charge in [0.15, 0.2) is 0 Å². The predicted octanol–water partition coefficient (Wildman–Crippen LogP) is 4.85. The van der Waals surface area contributed by atoms with E-state index in [9.17, 15) is 9.59 Å². The third-order valence-electron chi connectivity index (χ3n) is 6.49. The highest BCUT2D eigenvalue weighted by atomic mass is 32.1. The smallest absolute Gasteiger partial charge is 0.243 e. The lowest BCUT2D eigenvalue weighted by atomic mass is 9.93. The topological polar surface area (TPSA) is 40.6 Å². The van der Waals surface area contributed by atoms with Crippen LogP contribution in [-0.4, -0.2) is 40.7 Å². The largest absolute Gasteiger partial charge is 0.330 e. The van der Waals surface area contributed by atoms with Crippen LogP contribution in [0, 0.1) is 0 Å².